The fourth-order valence-corrected chi connectivity index (χ4v) is 10.3. The Balaban J connectivity index is 1.00. The molecule has 0 amide bonds. The zero-order valence-electron chi connectivity index (χ0n) is 48.0. The average molecular weight is 1070 g/mol. The summed E-state index contributed by atoms with van der Waals surface area (Å²) in [4.78, 5) is 25.0. The molecule has 0 atom stereocenters. The van der Waals surface area contributed by atoms with Crippen LogP contribution in [0.4, 0.5) is 5.82 Å². The van der Waals surface area contributed by atoms with Crippen LogP contribution in [0, 0.1) is 0 Å². The number of fused-ring (bicyclic) bond motifs is 2. The monoisotopic (exact) mass is 1060 g/mol. The highest BCUT2D eigenvalue weighted by Gasteiger charge is 2.34. The molecule has 0 unspecified atom stereocenters. The Hall–Kier alpha value is -7.70. The molecule has 2 saturated heterocycles. The Morgan fingerprint density at radius 3 is 2.18 bits per heavy atom. The molecule has 0 saturated carbocycles. The van der Waals surface area contributed by atoms with E-state index in [0.717, 1.165) is 148 Å². The maximum absolute atomic E-state index is 6.96. The van der Waals surface area contributed by atoms with Crippen LogP contribution < -0.4 is 19.1 Å². The molecule has 0 spiro atoms. The summed E-state index contributed by atoms with van der Waals surface area (Å²) in [6.45, 7) is 28.0. The van der Waals surface area contributed by atoms with Gasteiger partial charge in [0.1, 0.15) is 17.2 Å². The summed E-state index contributed by atoms with van der Waals surface area (Å²) in [6, 6.07) is 28.5. The first-order valence-corrected chi connectivity index (χ1v) is 28.0. The van der Waals surface area contributed by atoms with Crippen LogP contribution in [0.15, 0.2) is 152 Å². The van der Waals surface area contributed by atoms with E-state index in [0.29, 0.717) is 49.6 Å². The molecule has 2 aliphatic heterocycles. The zero-order valence-corrected chi connectivity index (χ0v) is 48.0. The molecule has 12 heteroatoms. The summed E-state index contributed by atoms with van der Waals surface area (Å²) in [5.41, 5.74) is 12.1. The van der Waals surface area contributed by atoms with E-state index in [1.807, 2.05) is 38.2 Å². The summed E-state index contributed by atoms with van der Waals surface area (Å²) >= 11 is 0. The molecule has 0 bridgehead atoms. The van der Waals surface area contributed by atoms with Crippen molar-refractivity contribution in [2.75, 3.05) is 65.6 Å². The smallest absolute Gasteiger partial charge is 0.318 e. The topological polar surface area (TPSA) is 113 Å². The van der Waals surface area contributed by atoms with E-state index in [1.54, 1.807) is 21.3 Å². The van der Waals surface area contributed by atoms with Gasteiger partial charge in [0.15, 0.2) is 11.5 Å². The first kappa shape index (κ1) is 57.5. The van der Waals surface area contributed by atoms with Gasteiger partial charge in [-0.05, 0) is 153 Å². The van der Waals surface area contributed by atoms with Crippen molar-refractivity contribution in [1.82, 2.24) is 24.8 Å². The second-order valence-corrected chi connectivity index (χ2v) is 20.8. The largest absolute Gasteiger partial charge is 0.496 e. The number of aromatic nitrogens is 4. The van der Waals surface area contributed by atoms with Crippen LogP contribution >= 0.6 is 0 Å². The van der Waals surface area contributed by atoms with Crippen LogP contribution in [-0.2, 0) is 33.6 Å². The molecule has 79 heavy (non-hydrogen) atoms. The predicted octanol–water partition coefficient (Wildman–Crippen LogP) is 14.8. The third-order valence-electron chi connectivity index (χ3n) is 15.1. The van der Waals surface area contributed by atoms with Crippen molar-refractivity contribution in [3.63, 3.8) is 0 Å². The van der Waals surface area contributed by atoms with Gasteiger partial charge in [0.25, 0.3) is 0 Å². The summed E-state index contributed by atoms with van der Waals surface area (Å²) in [7, 11) is 4.90. The first-order chi connectivity index (χ1) is 38.3. The van der Waals surface area contributed by atoms with Crippen LogP contribution in [0.2, 0.25) is 0 Å². The van der Waals surface area contributed by atoms with E-state index in [1.165, 1.54) is 24.8 Å². The molecule has 2 aromatic heterocycles. The first-order valence-electron chi connectivity index (χ1n) is 28.0. The minimum atomic E-state index is -0.428. The number of hydrogen-bond donors (Lipinski definition) is 0. The van der Waals surface area contributed by atoms with Crippen molar-refractivity contribution in [2.45, 2.75) is 105 Å². The van der Waals surface area contributed by atoms with E-state index in [-0.39, 0.29) is 0 Å². The number of ether oxygens (including phenoxy) is 6. The Labute approximate surface area is 468 Å². The van der Waals surface area contributed by atoms with Gasteiger partial charge in [0.05, 0.1) is 57.0 Å². The Morgan fingerprint density at radius 2 is 1.46 bits per heavy atom. The molecule has 4 heterocycles. The molecular formula is C67H80N6O6. The standard InChI is InChI=1S/C67H80N6O6/c1-12-19-53(55-25-27-59-57(43-55)61(45-72-34-16-15-17-35-72)70-65(68-59)78-39-31-50-23-24-51(14-3)63(41-50)76-11)40-48(6)79-67(8)32-36-73(37-33-67)64-58-44-56(54-21-18-20-52(42-54)47(5)13-2)26-28-60(58)69-66(71-64)77-38-30-46(4)22-29-62(75-10)49(7)74-9/h12,18-29,40-44H,1,5,7,13-17,30-39,45H2,2-4,6,8-11H3/b46-22+,48-40+,53-19+,62-29+. The molecular weight excluding hydrogens is 985 g/mol. The third-order valence-corrected chi connectivity index (χ3v) is 15.1. The number of aryl methyl sites for hydroxylation is 1. The van der Waals surface area contributed by atoms with Crippen molar-refractivity contribution in [3.05, 3.63) is 180 Å². The highest BCUT2D eigenvalue weighted by atomic mass is 16.5. The third kappa shape index (κ3) is 14.9. The zero-order chi connectivity index (χ0) is 55.9. The summed E-state index contributed by atoms with van der Waals surface area (Å²) in [5, 5.41) is 1.98. The summed E-state index contributed by atoms with van der Waals surface area (Å²) < 4.78 is 35.9. The van der Waals surface area contributed by atoms with Crippen LogP contribution in [0.5, 0.6) is 17.8 Å². The van der Waals surface area contributed by atoms with Crippen molar-refractivity contribution >= 4 is 38.8 Å². The minimum absolute atomic E-state index is 0.341. The molecule has 0 radical (unpaired) electrons. The number of methoxy groups -OCH3 is 3. The SMILES string of the molecule is C=C/C=C(\C=C(/C)OC1(C)CCN(c2nc(OCC/C(C)=C/C=C(/OC)C(=C)OC)nc3ccc(-c4cccc(C(=C)CC)c4)cc23)CC1)c1ccc2nc(OCCc3ccc(CC)c(OC)c3)nc(CN3CCCCC3)c2c1. The van der Waals surface area contributed by atoms with Crippen LogP contribution in [-0.4, -0.2) is 91.2 Å². The van der Waals surface area contributed by atoms with Gasteiger partial charge < -0.3 is 33.3 Å². The van der Waals surface area contributed by atoms with Gasteiger partial charge >= 0.3 is 12.0 Å². The van der Waals surface area contributed by atoms with E-state index in [4.69, 9.17) is 48.4 Å². The molecule has 8 rings (SSSR count). The van der Waals surface area contributed by atoms with Crippen LogP contribution in [0.3, 0.4) is 0 Å². The fraction of sp³-hybridized carbons (Fsp3) is 0.373. The lowest BCUT2D eigenvalue weighted by atomic mass is 9.92. The van der Waals surface area contributed by atoms with Crippen LogP contribution in [0.1, 0.15) is 108 Å². The molecule has 0 aliphatic carbocycles. The second kappa shape index (κ2) is 27.3. The molecule has 2 fully saturated rings. The number of nitrogens with zero attached hydrogens (tertiary/aromatic N) is 6. The summed E-state index contributed by atoms with van der Waals surface area (Å²) in [5.74, 6) is 3.60. The van der Waals surface area contributed by atoms with E-state index < -0.39 is 5.60 Å². The number of anilines is 1. The van der Waals surface area contributed by atoms with Gasteiger partial charge in [0, 0.05) is 56.1 Å². The molecule has 414 valence electrons. The lowest BCUT2D eigenvalue weighted by Crippen LogP contribution is -2.44. The van der Waals surface area contributed by atoms with E-state index >= 15 is 0 Å². The van der Waals surface area contributed by atoms with E-state index in [9.17, 15) is 0 Å². The van der Waals surface area contributed by atoms with Crippen LogP contribution in [0.25, 0.3) is 44.1 Å². The lowest BCUT2D eigenvalue weighted by molar-refractivity contribution is -0.00122. The van der Waals surface area contributed by atoms with Crippen molar-refractivity contribution in [2.24, 2.45) is 0 Å². The summed E-state index contributed by atoms with van der Waals surface area (Å²) in [6.07, 6.45) is 18.2. The lowest BCUT2D eigenvalue weighted by Gasteiger charge is -2.40. The van der Waals surface area contributed by atoms with Gasteiger partial charge in [-0.3, -0.25) is 4.90 Å². The molecule has 4 aromatic carbocycles. The van der Waals surface area contributed by atoms with Gasteiger partial charge in [-0.15, -0.1) is 0 Å². The Kier molecular flexibility index (Phi) is 19.8. The number of hydrogen-bond acceptors (Lipinski definition) is 12. The molecule has 6 aromatic rings. The fourth-order valence-electron chi connectivity index (χ4n) is 10.3. The normalized spacial score (nSPS) is 15.5. The van der Waals surface area contributed by atoms with Gasteiger partial charge in [-0.1, -0.05) is 106 Å². The molecule has 2 aliphatic rings. The Morgan fingerprint density at radius 1 is 0.722 bits per heavy atom. The van der Waals surface area contributed by atoms with Gasteiger partial charge in [0.2, 0.25) is 0 Å². The minimum Gasteiger partial charge on any atom is -0.496 e. The van der Waals surface area contributed by atoms with Crippen molar-refractivity contribution in [3.8, 4) is 28.9 Å². The quantitative estimate of drug-likeness (QED) is 0.0402. The number of piperidine rings is 2. The van der Waals surface area contributed by atoms with Gasteiger partial charge in [-0.25, -0.2) is 0 Å². The molecule has 0 N–H and O–H groups in total. The van der Waals surface area contributed by atoms with Crippen molar-refractivity contribution in [1.29, 1.82) is 0 Å². The Bertz CT molecular complexity index is 3270. The highest BCUT2D eigenvalue weighted by molar-refractivity contribution is 5.94. The van der Waals surface area contributed by atoms with Crippen molar-refractivity contribution < 1.29 is 28.4 Å². The second-order valence-electron chi connectivity index (χ2n) is 20.8. The number of benzene rings is 4. The van der Waals surface area contributed by atoms with Gasteiger partial charge in [-0.2, -0.15) is 19.9 Å². The average Bonchev–Trinajstić information content (AvgIpc) is 3.55. The maximum atomic E-state index is 6.96. The van der Waals surface area contributed by atoms with E-state index in [2.05, 4.69) is 135 Å². The highest BCUT2D eigenvalue weighted by Crippen LogP contribution is 2.37. The predicted molar refractivity (Wildman–Crippen MR) is 323 cm³/mol. The number of likely N-dealkylation sites (tertiary alicyclic amines) is 1. The molecule has 12 nitrogen and oxygen atoms in total. The number of rotatable bonds is 25. The number of allylic oxidation sites excluding steroid dienone is 8. The maximum Gasteiger partial charge on any atom is 0.318 e.